The van der Waals surface area contributed by atoms with Crippen LogP contribution in [0.15, 0.2) is 73.3 Å². The number of pyridine rings is 2. The van der Waals surface area contributed by atoms with E-state index in [1.54, 1.807) is 17.6 Å². The standard InChI is InChI=1S/C28H30N6O2/c35-27(31-36)23-5-3-21(4-6-23)18-34-11-7-24-14-25(16-30-26(24)34)33-12-8-28(9-13-33)19-32(20-28)17-22-2-1-10-29-15-22/h1-7,10-11,14-16,36H,8-9,12-13,17-20H2,(H,31,35). The summed E-state index contributed by atoms with van der Waals surface area (Å²) >= 11 is 0. The second-order valence-corrected chi connectivity index (χ2v) is 10.2. The van der Waals surface area contributed by atoms with Crippen LogP contribution in [-0.2, 0) is 13.1 Å². The van der Waals surface area contributed by atoms with Gasteiger partial charge in [-0.25, -0.2) is 10.5 Å². The van der Waals surface area contributed by atoms with Gasteiger partial charge in [0.1, 0.15) is 5.65 Å². The molecular formula is C28H30N6O2. The highest BCUT2D eigenvalue weighted by atomic mass is 16.5. The Kier molecular flexibility index (Phi) is 5.91. The number of benzene rings is 1. The predicted molar refractivity (Wildman–Crippen MR) is 138 cm³/mol. The molecule has 36 heavy (non-hydrogen) atoms. The van der Waals surface area contributed by atoms with Gasteiger partial charge >= 0.3 is 0 Å². The van der Waals surface area contributed by atoms with E-state index in [9.17, 15) is 4.79 Å². The molecule has 3 aromatic heterocycles. The SMILES string of the molecule is O=C(NO)c1ccc(Cn2ccc3cc(N4CCC5(CC4)CN(Cc4cccnc4)C5)cnc32)cc1. The van der Waals surface area contributed by atoms with E-state index in [2.05, 4.69) is 43.7 Å². The highest BCUT2D eigenvalue weighted by molar-refractivity contribution is 5.93. The molecule has 0 radical (unpaired) electrons. The number of likely N-dealkylation sites (tertiary alicyclic amines) is 1. The van der Waals surface area contributed by atoms with Crippen molar-refractivity contribution in [1.82, 2.24) is 24.9 Å². The number of rotatable bonds is 6. The molecule has 2 saturated heterocycles. The average Bonchev–Trinajstić information content (AvgIpc) is 3.30. The second kappa shape index (κ2) is 9.37. The molecule has 2 N–H and O–H groups in total. The van der Waals surface area contributed by atoms with Crippen LogP contribution in [-0.4, -0.2) is 56.7 Å². The zero-order chi connectivity index (χ0) is 24.5. The van der Waals surface area contributed by atoms with Gasteiger partial charge in [-0.2, -0.15) is 0 Å². The molecule has 2 fully saturated rings. The van der Waals surface area contributed by atoms with Crippen LogP contribution in [0.25, 0.3) is 11.0 Å². The topological polar surface area (TPSA) is 86.5 Å². The second-order valence-electron chi connectivity index (χ2n) is 10.2. The summed E-state index contributed by atoms with van der Waals surface area (Å²) in [5, 5.41) is 9.92. The molecule has 0 atom stereocenters. The molecule has 1 aromatic carbocycles. The first-order valence-electron chi connectivity index (χ1n) is 12.5. The largest absolute Gasteiger partial charge is 0.370 e. The Balaban J connectivity index is 1.07. The van der Waals surface area contributed by atoms with Crippen LogP contribution in [0, 0.1) is 5.41 Å². The van der Waals surface area contributed by atoms with Crippen molar-refractivity contribution >= 4 is 22.6 Å². The van der Waals surface area contributed by atoms with Crippen LogP contribution in [0.5, 0.6) is 0 Å². The minimum Gasteiger partial charge on any atom is -0.370 e. The van der Waals surface area contributed by atoms with Crippen molar-refractivity contribution < 1.29 is 10.0 Å². The van der Waals surface area contributed by atoms with Crippen molar-refractivity contribution in [3.63, 3.8) is 0 Å². The summed E-state index contributed by atoms with van der Waals surface area (Å²) in [5.74, 6) is -0.509. The highest BCUT2D eigenvalue weighted by Gasteiger charge is 2.44. The maximum Gasteiger partial charge on any atom is 0.274 e. The molecule has 4 aromatic rings. The Morgan fingerprint density at radius 1 is 1.00 bits per heavy atom. The summed E-state index contributed by atoms with van der Waals surface area (Å²) in [4.78, 5) is 25.6. The number of piperidine rings is 1. The normalized spacial score (nSPS) is 17.3. The van der Waals surface area contributed by atoms with E-state index >= 15 is 0 Å². The number of fused-ring (bicyclic) bond motifs is 1. The molecule has 2 aliphatic rings. The van der Waals surface area contributed by atoms with Crippen molar-refractivity contribution in [2.24, 2.45) is 5.41 Å². The van der Waals surface area contributed by atoms with Crippen molar-refractivity contribution in [3.05, 3.63) is 90.0 Å². The van der Waals surface area contributed by atoms with Gasteiger partial charge in [-0.05, 0) is 59.7 Å². The first-order chi connectivity index (χ1) is 17.6. The van der Waals surface area contributed by atoms with Crippen LogP contribution in [0.4, 0.5) is 5.69 Å². The minimum atomic E-state index is -0.509. The fourth-order valence-electron chi connectivity index (χ4n) is 5.71. The summed E-state index contributed by atoms with van der Waals surface area (Å²) < 4.78 is 2.12. The third-order valence-corrected chi connectivity index (χ3v) is 7.69. The lowest BCUT2D eigenvalue weighted by atomic mass is 9.72. The molecule has 2 aliphatic heterocycles. The number of nitrogens with zero attached hydrogens (tertiary/aromatic N) is 5. The molecule has 5 heterocycles. The maximum absolute atomic E-state index is 11.5. The summed E-state index contributed by atoms with van der Waals surface area (Å²) in [6.07, 6.45) is 10.3. The molecule has 0 bridgehead atoms. The average molecular weight is 483 g/mol. The van der Waals surface area contributed by atoms with Gasteiger partial charge in [-0.3, -0.25) is 19.9 Å². The highest BCUT2D eigenvalue weighted by Crippen LogP contribution is 2.42. The number of hydroxylamine groups is 1. The quantitative estimate of drug-likeness (QED) is 0.322. The number of anilines is 1. The van der Waals surface area contributed by atoms with Crippen LogP contribution >= 0.6 is 0 Å². The molecule has 0 unspecified atom stereocenters. The lowest BCUT2D eigenvalue weighted by Gasteiger charge is -2.54. The molecule has 1 spiro atoms. The fourth-order valence-corrected chi connectivity index (χ4v) is 5.71. The van der Waals surface area contributed by atoms with Crippen molar-refractivity contribution in [2.45, 2.75) is 25.9 Å². The van der Waals surface area contributed by atoms with Crippen LogP contribution in [0.1, 0.15) is 34.3 Å². The van der Waals surface area contributed by atoms with Crippen LogP contribution in [0.2, 0.25) is 0 Å². The summed E-state index contributed by atoms with van der Waals surface area (Å²) in [6.45, 7) is 6.17. The van der Waals surface area contributed by atoms with Gasteiger partial charge in [0.05, 0.1) is 11.9 Å². The van der Waals surface area contributed by atoms with Gasteiger partial charge in [0.2, 0.25) is 0 Å². The van der Waals surface area contributed by atoms with E-state index < -0.39 is 5.91 Å². The number of hydrogen-bond donors (Lipinski definition) is 2. The fraction of sp³-hybridized carbons (Fsp3) is 0.321. The van der Waals surface area contributed by atoms with Crippen molar-refractivity contribution in [2.75, 3.05) is 31.1 Å². The Hall–Kier alpha value is -3.75. The summed E-state index contributed by atoms with van der Waals surface area (Å²) in [7, 11) is 0. The number of carbonyl (C=O) groups excluding carboxylic acids is 1. The zero-order valence-corrected chi connectivity index (χ0v) is 20.2. The minimum absolute atomic E-state index is 0.424. The number of carbonyl (C=O) groups is 1. The van der Waals surface area contributed by atoms with E-state index in [1.165, 1.54) is 37.2 Å². The van der Waals surface area contributed by atoms with E-state index in [0.717, 1.165) is 36.2 Å². The molecule has 184 valence electrons. The monoisotopic (exact) mass is 482 g/mol. The predicted octanol–water partition coefficient (Wildman–Crippen LogP) is 3.70. The lowest BCUT2D eigenvalue weighted by molar-refractivity contribution is -0.0240. The van der Waals surface area contributed by atoms with Crippen molar-refractivity contribution in [3.8, 4) is 0 Å². The van der Waals surface area contributed by atoms with Gasteiger partial charge in [0, 0.05) is 68.8 Å². The van der Waals surface area contributed by atoms with Gasteiger partial charge in [0.15, 0.2) is 0 Å². The lowest BCUT2D eigenvalue weighted by Crippen LogP contribution is -2.59. The molecule has 8 heteroatoms. The summed E-state index contributed by atoms with van der Waals surface area (Å²) in [5.41, 5.74) is 7.06. The number of amides is 1. The number of hydrogen-bond acceptors (Lipinski definition) is 6. The Bertz CT molecular complexity index is 1350. The van der Waals surface area contributed by atoms with Gasteiger partial charge in [0.25, 0.3) is 5.91 Å². The summed E-state index contributed by atoms with van der Waals surface area (Å²) in [6, 6.07) is 15.8. The molecule has 0 saturated carbocycles. The molecule has 6 rings (SSSR count). The number of nitrogens with one attached hydrogen (secondary N) is 1. The van der Waals surface area contributed by atoms with E-state index in [1.807, 2.05) is 36.8 Å². The third kappa shape index (κ3) is 4.45. The zero-order valence-electron chi connectivity index (χ0n) is 20.2. The smallest absolute Gasteiger partial charge is 0.274 e. The van der Waals surface area contributed by atoms with Gasteiger partial charge in [-0.1, -0.05) is 18.2 Å². The van der Waals surface area contributed by atoms with E-state index in [-0.39, 0.29) is 0 Å². The molecule has 8 nitrogen and oxygen atoms in total. The van der Waals surface area contributed by atoms with E-state index in [0.29, 0.717) is 17.5 Å². The van der Waals surface area contributed by atoms with E-state index in [4.69, 9.17) is 10.2 Å². The Morgan fingerprint density at radius 3 is 2.53 bits per heavy atom. The number of aromatic nitrogens is 3. The Morgan fingerprint density at radius 2 is 1.81 bits per heavy atom. The van der Waals surface area contributed by atoms with Crippen LogP contribution in [0.3, 0.4) is 0 Å². The van der Waals surface area contributed by atoms with Gasteiger partial charge in [-0.15, -0.1) is 0 Å². The van der Waals surface area contributed by atoms with Crippen LogP contribution < -0.4 is 10.4 Å². The first-order valence-corrected chi connectivity index (χ1v) is 12.5. The molecule has 0 aliphatic carbocycles. The van der Waals surface area contributed by atoms with Gasteiger partial charge < -0.3 is 9.47 Å². The maximum atomic E-state index is 11.5. The first kappa shape index (κ1) is 22.7. The molecule has 1 amide bonds. The Labute approximate surface area is 210 Å². The molecular weight excluding hydrogens is 452 g/mol. The van der Waals surface area contributed by atoms with Crippen molar-refractivity contribution in [1.29, 1.82) is 0 Å². The third-order valence-electron chi connectivity index (χ3n) is 7.69.